The zero-order chi connectivity index (χ0) is 13.0. The summed E-state index contributed by atoms with van der Waals surface area (Å²) in [7, 11) is 14.8. The van der Waals surface area contributed by atoms with Gasteiger partial charge in [-0.1, -0.05) is 0 Å². The number of halogens is 1. The van der Waals surface area contributed by atoms with E-state index in [0.29, 0.717) is 17.0 Å². The highest BCUT2D eigenvalue weighted by Gasteiger charge is 2.33. The van der Waals surface area contributed by atoms with Gasteiger partial charge in [0, 0.05) is 12.6 Å². The summed E-state index contributed by atoms with van der Waals surface area (Å²) in [4.78, 5) is 7.02. The Hall–Kier alpha value is 0.830. The van der Waals surface area contributed by atoms with E-state index in [1.807, 2.05) is 21.6 Å². The van der Waals surface area contributed by atoms with E-state index in [4.69, 9.17) is 0 Å². The third kappa shape index (κ3) is 5.86. The fourth-order valence-corrected chi connectivity index (χ4v) is 4.78. The van der Waals surface area contributed by atoms with Crippen LogP contribution in [-0.4, -0.2) is 73.5 Å². The molecule has 2 N–H and O–H groups in total. The highest BCUT2D eigenvalue weighted by molar-refractivity contribution is 8.77. The molecule has 1 saturated heterocycles. The molecule has 18 heavy (non-hydrogen) atoms. The van der Waals surface area contributed by atoms with Crippen LogP contribution < -0.4 is 17.7 Å². The zero-order valence-corrected chi connectivity index (χ0v) is 14.6. The van der Waals surface area contributed by atoms with Gasteiger partial charge < -0.3 is 17.3 Å². The smallest absolute Gasteiger partial charge is 0.202 e. The average molecular weight is 315 g/mol. The minimum atomic E-state index is 0. The van der Waals surface area contributed by atoms with Crippen molar-refractivity contribution in [3.63, 3.8) is 0 Å². The number of hydrogen-bond acceptors (Lipinski definition) is 5. The average Bonchev–Trinajstić information content (AvgIpc) is 2.74. The van der Waals surface area contributed by atoms with Gasteiger partial charge in [0.05, 0.1) is 0 Å². The molecule has 110 valence electrons. The maximum absolute atomic E-state index is 2.46. The number of nitrogens with two attached hydrogens (primary N) is 1. The molecule has 1 aliphatic heterocycles. The van der Waals surface area contributed by atoms with Crippen LogP contribution in [0, 0.1) is 0 Å². The van der Waals surface area contributed by atoms with Gasteiger partial charge in [0.15, 0.2) is 0 Å². The van der Waals surface area contributed by atoms with E-state index in [1.165, 1.54) is 6.42 Å². The van der Waals surface area contributed by atoms with E-state index in [-0.39, 0.29) is 12.4 Å². The first kappa shape index (κ1) is 18.8. The maximum atomic E-state index is 2.46. The van der Waals surface area contributed by atoms with E-state index >= 15 is 0 Å². The molecule has 0 aromatic rings. The Bertz CT molecular complexity index is 231. The molecule has 0 spiro atoms. The van der Waals surface area contributed by atoms with Crippen molar-refractivity contribution >= 4 is 21.6 Å². The predicted octanol–water partition coefficient (Wildman–Crippen LogP) is -2.65. The van der Waals surface area contributed by atoms with Crippen LogP contribution in [-0.2, 0) is 0 Å². The molecule has 7 heteroatoms. The van der Waals surface area contributed by atoms with Crippen molar-refractivity contribution in [1.82, 2.24) is 14.7 Å². The van der Waals surface area contributed by atoms with E-state index in [0.717, 1.165) is 6.54 Å². The van der Waals surface area contributed by atoms with E-state index in [1.54, 1.807) is 0 Å². The maximum Gasteiger partial charge on any atom is 0.202 e. The highest BCUT2D eigenvalue weighted by atomic mass is 35.5. The Balaban J connectivity index is 0.00000289. The summed E-state index contributed by atoms with van der Waals surface area (Å²) in [6.07, 6.45) is 1.23. The second-order valence-electron chi connectivity index (χ2n) is 5.21. The van der Waals surface area contributed by atoms with Crippen LogP contribution in [0.15, 0.2) is 0 Å². The second kappa shape index (κ2) is 8.89. The second-order valence-corrected chi connectivity index (χ2v) is 7.72. The number of rotatable bonds is 6. The molecule has 1 aliphatic rings. The molecule has 1 heterocycles. The van der Waals surface area contributed by atoms with Gasteiger partial charge in [0.1, 0.15) is 0 Å². The minimum absolute atomic E-state index is 0. The minimum Gasteiger partial charge on any atom is -1.00 e. The fraction of sp³-hybridized carbons (Fsp3) is 1.00. The third-order valence-electron chi connectivity index (χ3n) is 3.31. The summed E-state index contributed by atoms with van der Waals surface area (Å²) in [5, 5.41) is 2.44. The number of hydrogen-bond donors (Lipinski definition) is 1. The van der Waals surface area contributed by atoms with Crippen LogP contribution >= 0.6 is 21.6 Å². The van der Waals surface area contributed by atoms with Crippen LogP contribution in [0.1, 0.15) is 13.3 Å². The monoisotopic (exact) mass is 314 g/mol. The summed E-state index contributed by atoms with van der Waals surface area (Å²) in [5.74, 6) is 0. The Labute approximate surface area is 126 Å². The van der Waals surface area contributed by atoms with Crippen LogP contribution in [0.25, 0.3) is 0 Å². The molecule has 1 rings (SSSR count). The largest absolute Gasteiger partial charge is 1.00 e. The molecule has 4 nitrogen and oxygen atoms in total. The summed E-state index contributed by atoms with van der Waals surface area (Å²) in [5.41, 5.74) is 1.11. The lowest BCUT2D eigenvalue weighted by Crippen LogP contribution is -3.00. The normalized spacial score (nSPS) is 25.8. The third-order valence-corrected chi connectivity index (χ3v) is 6.42. The standard InChI is InChI=1S/C11H26N4S2.ClH/c1-9(13(2)3)7-8-15(6)11-12-10(14(4)5)16-17-11;/h9-12H,7-8H2,1-6H3;1H. The molecule has 1 fully saturated rings. The van der Waals surface area contributed by atoms with Crippen molar-refractivity contribution in [2.45, 2.75) is 30.4 Å². The molecule has 0 amide bonds. The molecule has 0 radical (unpaired) electrons. The highest BCUT2D eigenvalue weighted by Crippen LogP contribution is 2.32. The lowest BCUT2D eigenvalue weighted by molar-refractivity contribution is -0.708. The van der Waals surface area contributed by atoms with E-state index < -0.39 is 0 Å². The van der Waals surface area contributed by atoms with Crippen molar-refractivity contribution < 1.29 is 17.7 Å². The first-order valence-corrected chi connectivity index (χ1v) is 8.39. The molecular weight excluding hydrogens is 288 g/mol. The fourth-order valence-electron chi connectivity index (χ4n) is 1.57. The van der Waals surface area contributed by atoms with Crippen LogP contribution in [0.4, 0.5) is 0 Å². The summed E-state index contributed by atoms with van der Waals surface area (Å²) < 4.78 is 0. The molecule has 0 bridgehead atoms. The van der Waals surface area contributed by atoms with Crippen molar-refractivity contribution in [3.05, 3.63) is 0 Å². The van der Waals surface area contributed by atoms with E-state index in [2.05, 4.69) is 62.2 Å². The molecule has 3 unspecified atom stereocenters. The SMILES string of the molecule is CC(CCN(C)C1[NH2+]C(N(C)C)SS1)N(C)C.[Cl-]. The van der Waals surface area contributed by atoms with Gasteiger partial charge in [-0.15, -0.1) is 0 Å². The Morgan fingerprint density at radius 2 is 1.61 bits per heavy atom. The van der Waals surface area contributed by atoms with Crippen molar-refractivity contribution in [2.24, 2.45) is 0 Å². The molecule has 0 aromatic heterocycles. The van der Waals surface area contributed by atoms with Crippen LogP contribution in [0.3, 0.4) is 0 Å². The van der Waals surface area contributed by atoms with Gasteiger partial charge in [-0.05, 0) is 70.2 Å². The van der Waals surface area contributed by atoms with Crippen molar-refractivity contribution in [2.75, 3.05) is 41.8 Å². The zero-order valence-electron chi connectivity index (χ0n) is 12.3. The molecule has 3 atom stereocenters. The predicted molar refractivity (Wildman–Crippen MR) is 78.8 cm³/mol. The van der Waals surface area contributed by atoms with Crippen molar-refractivity contribution in [3.8, 4) is 0 Å². The van der Waals surface area contributed by atoms with Crippen LogP contribution in [0.2, 0.25) is 0 Å². The van der Waals surface area contributed by atoms with Gasteiger partial charge in [0.25, 0.3) is 0 Å². The summed E-state index contributed by atoms with van der Waals surface area (Å²) in [6.45, 7) is 3.45. The first-order valence-electron chi connectivity index (χ1n) is 6.12. The Kier molecular flexibility index (Phi) is 9.30. The Morgan fingerprint density at radius 1 is 1.06 bits per heavy atom. The molecular formula is C11H27ClN4S2. The van der Waals surface area contributed by atoms with Gasteiger partial charge in [-0.3, -0.25) is 10.2 Å². The summed E-state index contributed by atoms with van der Waals surface area (Å²) >= 11 is 0. The van der Waals surface area contributed by atoms with Gasteiger partial charge in [-0.25, -0.2) is 4.90 Å². The number of nitrogens with zero attached hydrogens (tertiary/aromatic N) is 3. The van der Waals surface area contributed by atoms with E-state index in [9.17, 15) is 0 Å². The van der Waals surface area contributed by atoms with Crippen molar-refractivity contribution in [1.29, 1.82) is 0 Å². The molecule has 0 saturated carbocycles. The quantitative estimate of drug-likeness (QED) is 0.541. The molecule has 0 aliphatic carbocycles. The van der Waals surface area contributed by atoms with Gasteiger partial charge in [0.2, 0.25) is 11.0 Å². The molecule has 0 aromatic carbocycles. The topological polar surface area (TPSA) is 26.3 Å². The number of quaternary nitrogens is 1. The lowest BCUT2D eigenvalue weighted by Gasteiger charge is -2.25. The lowest BCUT2D eigenvalue weighted by atomic mass is 10.2. The first-order chi connectivity index (χ1) is 7.91. The van der Waals surface area contributed by atoms with Gasteiger partial charge in [-0.2, -0.15) is 0 Å². The van der Waals surface area contributed by atoms with Gasteiger partial charge >= 0.3 is 0 Å². The van der Waals surface area contributed by atoms with Crippen LogP contribution in [0.5, 0.6) is 0 Å². The summed E-state index contributed by atoms with van der Waals surface area (Å²) in [6, 6.07) is 0.654. The Morgan fingerprint density at radius 3 is 2.06 bits per heavy atom.